The SMILES string of the molecule is Cc1cccc(CCCNCC(O)COc2ccccc2-c2n[nH]c3ccsc23)c1. The average molecular weight is 422 g/mol. The molecule has 0 saturated heterocycles. The third-order valence-electron chi connectivity index (χ3n) is 5.02. The lowest BCUT2D eigenvalue weighted by atomic mass is 10.1. The number of benzene rings is 2. The maximum Gasteiger partial charge on any atom is 0.128 e. The van der Waals surface area contributed by atoms with E-state index in [1.54, 1.807) is 11.3 Å². The first-order valence-electron chi connectivity index (χ1n) is 10.3. The monoisotopic (exact) mass is 421 g/mol. The Labute approximate surface area is 180 Å². The number of thiophene rings is 1. The molecule has 4 rings (SSSR count). The Morgan fingerprint density at radius 2 is 2.07 bits per heavy atom. The van der Waals surface area contributed by atoms with Gasteiger partial charge in [0.15, 0.2) is 0 Å². The highest BCUT2D eigenvalue weighted by atomic mass is 32.1. The molecule has 0 bridgehead atoms. The van der Waals surface area contributed by atoms with Crippen molar-refractivity contribution < 1.29 is 9.84 Å². The molecular weight excluding hydrogens is 394 g/mol. The van der Waals surface area contributed by atoms with Gasteiger partial charge in [-0.15, -0.1) is 11.3 Å². The van der Waals surface area contributed by atoms with Crippen molar-refractivity contribution in [3.05, 3.63) is 71.1 Å². The van der Waals surface area contributed by atoms with E-state index in [0.717, 1.165) is 46.6 Å². The number of hydrogen-bond acceptors (Lipinski definition) is 5. The predicted octanol–water partition coefficient (Wildman–Crippen LogP) is 4.56. The van der Waals surface area contributed by atoms with E-state index in [4.69, 9.17) is 4.74 Å². The van der Waals surface area contributed by atoms with Crippen molar-refractivity contribution in [2.45, 2.75) is 25.9 Å². The van der Waals surface area contributed by atoms with Crippen molar-refractivity contribution in [1.29, 1.82) is 0 Å². The van der Waals surface area contributed by atoms with E-state index in [9.17, 15) is 5.11 Å². The van der Waals surface area contributed by atoms with Crippen LogP contribution in [0, 0.1) is 6.92 Å². The van der Waals surface area contributed by atoms with Gasteiger partial charge in [-0.1, -0.05) is 42.0 Å². The molecule has 1 unspecified atom stereocenters. The molecule has 5 nitrogen and oxygen atoms in total. The molecule has 2 heterocycles. The quantitative estimate of drug-likeness (QED) is 0.328. The Morgan fingerprint density at radius 1 is 1.17 bits per heavy atom. The number of rotatable bonds is 10. The summed E-state index contributed by atoms with van der Waals surface area (Å²) in [6.45, 7) is 3.73. The average Bonchev–Trinajstić information content (AvgIpc) is 3.36. The highest BCUT2D eigenvalue weighted by molar-refractivity contribution is 7.17. The van der Waals surface area contributed by atoms with Gasteiger partial charge in [-0.3, -0.25) is 5.10 Å². The third kappa shape index (κ3) is 5.08. The Balaban J connectivity index is 1.24. The van der Waals surface area contributed by atoms with Crippen molar-refractivity contribution in [3.63, 3.8) is 0 Å². The molecule has 4 aromatic rings. The fourth-order valence-corrected chi connectivity index (χ4v) is 4.37. The largest absolute Gasteiger partial charge is 0.490 e. The lowest BCUT2D eigenvalue weighted by Crippen LogP contribution is -2.32. The fourth-order valence-electron chi connectivity index (χ4n) is 3.52. The van der Waals surface area contributed by atoms with Crippen molar-refractivity contribution in [3.8, 4) is 17.0 Å². The van der Waals surface area contributed by atoms with Crippen molar-refractivity contribution in [2.24, 2.45) is 0 Å². The predicted molar refractivity (Wildman–Crippen MR) is 123 cm³/mol. The zero-order chi connectivity index (χ0) is 20.8. The Morgan fingerprint density at radius 3 is 2.97 bits per heavy atom. The van der Waals surface area contributed by atoms with Crippen LogP contribution in [0.3, 0.4) is 0 Å². The number of aromatic amines is 1. The normalized spacial score (nSPS) is 12.3. The van der Waals surface area contributed by atoms with Crippen LogP contribution in [0.15, 0.2) is 60.0 Å². The minimum Gasteiger partial charge on any atom is -0.490 e. The molecule has 2 aromatic heterocycles. The molecule has 6 heteroatoms. The first kappa shape index (κ1) is 20.6. The van der Waals surface area contributed by atoms with Crippen molar-refractivity contribution >= 4 is 21.6 Å². The number of para-hydroxylation sites is 1. The highest BCUT2D eigenvalue weighted by Gasteiger charge is 2.15. The van der Waals surface area contributed by atoms with Gasteiger partial charge in [0.05, 0.1) is 10.2 Å². The molecule has 0 aliphatic carbocycles. The number of aliphatic hydroxyl groups excluding tert-OH is 1. The summed E-state index contributed by atoms with van der Waals surface area (Å²) in [7, 11) is 0. The van der Waals surface area contributed by atoms with E-state index in [0.29, 0.717) is 6.54 Å². The summed E-state index contributed by atoms with van der Waals surface area (Å²) in [5.74, 6) is 0.734. The van der Waals surface area contributed by atoms with Gasteiger partial charge in [0, 0.05) is 12.1 Å². The van der Waals surface area contributed by atoms with Crippen LogP contribution in [0.4, 0.5) is 0 Å². The van der Waals surface area contributed by atoms with Gasteiger partial charge < -0.3 is 15.2 Å². The van der Waals surface area contributed by atoms with E-state index in [1.807, 2.05) is 35.7 Å². The lowest BCUT2D eigenvalue weighted by molar-refractivity contribution is 0.107. The maximum atomic E-state index is 10.3. The van der Waals surface area contributed by atoms with Crippen LogP contribution in [0.2, 0.25) is 0 Å². The van der Waals surface area contributed by atoms with Crippen molar-refractivity contribution in [2.75, 3.05) is 19.7 Å². The maximum absolute atomic E-state index is 10.3. The topological polar surface area (TPSA) is 70.2 Å². The molecule has 2 aromatic carbocycles. The number of ether oxygens (including phenoxy) is 1. The smallest absolute Gasteiger partial charge is 0.128 e. The number of H-pyrrole nitrogens is 1. The number of nitrogens with one attached hydrogen (secondary N) is 2. The summed E-state index contributed by atoms with van der Waals surface area (Å²) in [5, 5.41) is 23.2. The van der Waals surface area contributed by atoms with Gasteiger partial charge in [0.2, 0.25) is 0 Å². The van der Waals surface area contributed by atoms with E-state index in [1.165, 1.54) is 11.1 Å². The molecule has 0 radical (unpaired) electrons. The van der Waals surface area contributed by atoms with Crippen LogP contribution in [0.5, 0.6) is 5.75 Å². The number of aliphatic hydroxyl groups is 1. The highest BCUT2D eigenvalue weighted by Crippen LogP contribution is 2.35. The molecule has 0 aliphatic heterocycles. The van der Waals surface area contributed by atoms with Crippen molar-refractivity contribution in [1.82, 2.24) is 15.5 Å². The van der Waals surface area contributed by atoms with E-state index in [-0.39, 0.29) is 6.61 Å². The second-order valence-corrected chi connectivity index (χ2v) is 8.41. The van der Waals surface area contributed by atoms with Gasteiger partial charge >= 0.3 is 0 Å². The molecule has 3 N–H and O–H groups in total. The summed E-state index contributed by atoms with van der Waals surface area (Å²) in [6, 6.07) is 18.5. The molecule has 0 amide bonds. The zero-order valence-corrected chi connectivity index (χ0v) is 17.9. The molecule has 0 spiro atoms. The van der Waals surface area contributed by atoms with E-state index >= 15 is 0 Å². The summed E-state index contributed by atoms with van der Waals surface area (Å²) >= 11 is 1.65. The molecule has 156 valence electrons. The van der Waals surface area contributed by atoms with Crippen LogP contribution >= 0.6 is 11.3 Å². The number of fused-ring (bicyclic) bond motifs is 1. The summed E-state index contributed by atoms with van der Waals surface area (Å²) in [4.78, 5) is 0. The van der Waals surface area contributed by atoms with Crippen LogP contribution in [0.1, 0.15) is 17.5 Å². The zero-order valence-electron chi connectivity index (χ0n) is 17.1. The first-order valence-corrected chi connectivity index (χ1v) is 11.2. The van der Waals surface area contributed by atoms with Gasteiger partial charge in [0.25, 0.3) is 0 Å². The molecule has 0 saturated carbocycles. The molecule has 0 aliphatic rings. The van der Waals surface area contributed by atoms with Crippen LogP contribution in [-0.2, 0) is 6.42 Å². The number of nitrogens with zero attached hydrogens (tertiary/aromatic N) is 1. The number of aromatic nitrogens is 2. The summed E-state index contributed by atoms with van der Waals surface area (Å²) < 4.78 is 7.06. The van der Waals surface area contributed by atoms with Gasteiger partial charge in [0.1, 0.15) is 24.2 Å². The first-order chi connectivity index (χ1) is 14.7. The Bertz CT molecular complexity index is 1090. The second-order valence-electron chi connectivity index (χ2n) is 7.49. The van der Waals surface area contributed by atoms with Gasteiger partial charge in [-0.25, -0.2) is 0 Å². The third-order valence-corrected chi connectivity index (χ3v) is 5.94. The van der Waals surface area contributed by atoms with Gasteiger partial charge in [-0.05, 0) is 55.5 Å². The standard InChI is InChI=1S/C24H27N3O2S/c1-17-6-4-7-18(14-17)8-5-12-25-15-19(28)16-29-22-10-3-2-9-20(22)23-24-21(26-27-23)11-13-30-24/h2-4,6-7,9-11,13-14,19,25,28H,5,8,12,15-16H2,1H3,(H,26,27). The minimum atomic E-state index is -0.571. The molecule has 1 atom stereocenters. The van der Waals surface area contributed by atoms with E-state index in [2.05, 4.69) is 46.7 Å². The van der Waals surface area contributed by atoms with Crippen LogP contribution < -0.4 is 10.1 Å². The van der Waals surface area contributed by atoms with Crippen LogP contribution in [0.25, 0.3) is 21.5 Å². The lowest BCUT2D eigenvalue weighted by Gasteiger charge is -2.15. The Hall–Kier alpha value is -2.67. The summed E-state index contributed by atoms with van der Waals surface area (Å²) in [5.41, 5.74) is 5.50. The van der Waals surface area contributed by atoms with E-state index < -0.39 is 6.10 Å². The molecule has 30 heavy (non-hydrogen) atoms. The molecular formula is C24H27N3O2S. The number of hydrogen-bond donors (Lipinski definition) is 3. The fraction of sp³-hybridized carbons (Fsp3) is 0.292. The Kier molecular flexibility index (Phi) is 6.79. The van der Waals surface area contributed by atoms with Crippen LogP contribution in [-0.4, -0.2) is 41.1 Å². The minimum absolute atomic E-state index is 0.236. The second kappa shape index (κ2) is 9.89. The molecule has 0 fully saturated rings. The summed E-state index contributed by atoms with van der Waals surface area (Å²) in [6.07, 6.45) is 1.50. The number of aryl methyl sites for hydroxylation is 2. The van der Waals surface area contributed by atoms with Gasteiger partial charge in [-0.2, -0.15) is 5.10 Å².